The summed E-state index contributed by atoms with van der Waals surface area (Å²) in [6.45, 7) is 4.41. The third kappa shape index (κ3) is 10.6. The Hall–Kier alpha value is -2.66. The van der Waals surface area contributed by atoms with Gasteiger partial charge in [0, 0.05) is 22.0 Å². The molecule has 2 N–H and O–H groups in total. The predicted molar refractivity (Wildman–Crippen MR) is 169 cm³/mol. The molecule has 0 fully saturated rings. The highest BCUT2D eigenvalue weighted by atomic mass is 79.9. The number of sulfone groups is 1. The Morgan fingerprint density at radius 3 is 2.44 bits per heavy atom. The molecule has 0 spiro atoms. The lowest BCUT2D eigenvalue weighted by atomic mass is 9.93. The van der Waals surface area contributed by atoms with E-state index in [0.29, 0.717) is 17.7 Å². The maximum absolute atomic E-state index is 13.4. The van der Waals surface area contributed by atoms with Crippen molar-refractivity contribution in [3.63, 3.8) is 0 Å². The standard InChI is InChI=1S/C31H36BrNO6S2/c1-4-40-20-25(17-22-9-7-10-24(32)16-22)39-19-23-12-13-27(28(18-23)26-11-6-5-8-21(26)2)30(34)33-29(31(35)36)14-15-41(3,37)38/h5-13,16,18,25,29H,4,14-15,17,19-20H2,1-3H3,(H,33,34)(H,35,36)/t25-,29-/m0/s1. The van der Waals surface area contributed by atoms with Crippen LogP contribution in [0.2, 0.25) is 0 Å². The van der Waals surface area contributed by atoms with Crippen LogP contribution in [-0.2, 0) is 32.4 Å². The van der Waals surface area contributed by atoms with Crippen LogP contribution in [0.4, 0.5) is 0 Å². The summed E-state index contributed by atoms with van der Waals surface area (Å²) in [5, 5.41) is 12.1. The number of aryl methyl sites for hydroxylation is 1. The summed E-state index contributed by atoms with van der Waals surface area (Å²) >= 11 is 5.36. The highest BCUT2D eigenvalue weighted by molar-refractivity contribution is 9.10. The fourth-order valence-electron chi connectivity index (χ4n) is 4.36. The second-order valence-corrected chi connectivity index (χ2v) is 14.4. The lowest BCUT2D eigenvalue weighted by molar-refractivity contribution is -0.139. The maximum atomic E-state index is 13.4. The minimum absolute atomic E-state index is 0.00898. The zero-order chi connectivity index (χ0) is 30.0. The van der Waals surface area contributed by atoms with Crippen molar-refractivity contribution >= 4 is 49.4 Å². The number of ether oxygens (including phenoxy) is 1. The first-order valence-electron chi connectivity index (χ1n) is 13.3. The van der Waals surface area contributed by atoms with E-state index in [1.807, 2.05) is 67.2 Å². The van der Waals surface area contributed by atoms with Crippen LogP contribution >= 0.6 is 27.7 Å². The van der Waals surface area contributed by atoms with Crippen molar-refractivity contribution in [1.29, 1.82) is 0 Å². The fraction of sp³-hybridized carbons (Fsp3) is 0.355. The number of benzene rings is 3. The van der Waals surface area contributed by atoms with Crippen molar-refractivity contribution in [2.24, 2.45) is 0 Å². The molecule has 3 aromatic carbocycles. The Kier molecular flexibility index (Phi) is 12.4. The molecule has 0 heterocycles. The van der Waals surface area contributed by atoms with E-state index < -0.39 is 27.8 Å². The number of thioether (sulfide) groups is 1. The number of rotatable bonds is 15. The van der Waals surface area contributed by atoms with Crippen LogP contribution in [0.3, 0.4) is 0 Å². The number of carbonyl (C=O) groups is 2. The normalized spacial score (nSPS) is 13.0. The Morgan fingerprint density at radius 1 is 1.02 bits per heavy atom. The first-order valence-corrected chi connectivity index (χ1v) is 17.3. The number of carboxylic acids is 1. The molecule has 0 bridgehead atoms. The molecule has 220 valence electrons. The second kappa shape index (κ2) is 15.5. The highest BCUT2D eigenvalue weighted by Gasteiger charge is 2.24. The van der Waals surface area contributed by atoms with E-state index in [2.05, 4.69) is 40.3 Å². The average molecular weight is 663 g/mol. The monoisotopic (exact) mass is 661 g/mol. The molecule has 1 amide bonds. The van der Waals surface area contributed by atoms with Gasteiger partial charge in [0.05, 0.1) is 18.5 Å². The summed E-state index contributed by atoms with van der Waals surface area (Å²) in [5.41, 5.74) is 4.82. The van der Waals surface area contributed by atoms with Crippen molar-refractivity contribution in [2.75, 3.05) is 23.5 Å². The predicted octanol–water partition coefficient (Wildman–Crippen LogP) is 5.92. The number of carbonyl (C=O) groups excluding carboxylic acids is 1. The van der Waals surface area contributed by atoms with Gasteiger partial charge in [-0.2, -0.15) is 11.8 Å². The lowest BCUT2D eigenvalue weighted by Crippen LogP contribution is -2.42. The Morgan fingerprint density at radius 2 is 1.78 bits per heavy atom. The lowest BCUT2D eigenvalue weighted by Gasteiger charge is -2.20. The van der Waals surface area contributed by atoms with Gasteiger partial charge in [0.15, 0.2) is 0 Å². The molecule has 0 aliphatic carbocycles. The van der Waals surface area contributed by atoms with Crippen molar-refractivity contribution in [3.05, 3.63) is 93.5 Å². The Labute approximate surface area is 255 Å². The fourth-order valence-corrected chi connectivity index (χ4v) is 6.18. The molecule has 10 heteroatoms. The number of carboxylic acid groups (broad SMARTS) is 1. The van der Waals surface area contributed by atoms with Gasteiger partial charge in [-0.25, -0.2) is 13.2 Å². The van der Waals surface area contributed by atoms with Gasteiger partial charge in [-0.05, 0) is 77.6 Å². The van der Waals surface area contributed by atoms with E-state index in [1.165, 1.54) is 5.56 Å². The van der Waals surface area contributed by atoms with Gasteiger partial charge in [0.1, 0.15) is 15.9 Å². The van der Waals surface area contributed by atoms with Crippen LogP contribution in [0.25, 0.3) is 11.1 Å². The average Bonchev–Trinajstić information content (AvgIpc) is 2.92. The van der Waals surface area contributed by atoms with Gasteiger partial charge >= 0.3 is 5.97 Å². The van der Waals surface area contributed by atoms with E-state index in [1.54, 1.807) is 6.07 Å². The molecule has 0 saturated heterocycles. The van der Waals surface area contributed by atoms with Gasteiger partial charge < -0.3 is 15.2 Å². The summed E-state index contributed by atoms with van der Waals surface area (Å²) in [5.74, 6) is -0.378. The van der Waals surface area contributed by atoms with E-state index in [-0.39, 0.29) is 18.3 Å². The molecule has 0 aromatic heterocycles. The minimum Gasteiger partial charge on any atom is -0.480 e. The van der Waals surface area contributed by atoms with Crippen LogP contribution in [0.1, 0.15) is 40.4 Å². The van der Waals surface area contributed by atoms with Crippen LogP contribution in [0, 0.1) is 6.92 Å². The van der Waals surface area contributed by atoms with Crippen LogP contribution < -0.4 is 5.32 Å². The van der Waals surface area contributed by atoms with Crippen LogP contribution in [0.15, 0.2) is 71.2 Å². The van der Waals surface area contributed by atoms with Crippen molar-refractivity contribution in [2.45, 2.75) is 45.4 Å². The Balaban J connectivity index is 1.87. The molecular weight excluding hydrogens is 626 g/mol. The third-order valence-corrected chi connectivity index (χ3v) is 8.98. The number of halogens is 1. The van der Waals surface area contributed by atoms with Gasteiger partial charge in [-0.1, -0.05) is 65.3 Å². The minimum atomic E-state index is -3.39. The summed E-state index contributed by atoms with van der Waals surface area (Å²) in [4.78, 5) is 25.1. The molecular formula is C31H36BrNO6S2. The molecule has 0 radical (unpaired) electrons. The summed E-state index contributed by atoms with van der Waals surface area (Å²) < 4.78 is 30.6. The third-order valence-electron chi connectivity index (χ3n) is 6.49. The molecule has 41 heavy (non-hydrogen) atoms. The second-order valence-electron chi connectivity index (χ2n) is 9.90. The van der Waals surface area contributed by atoms with Crippen LogP contribution in [-0.4, -0.2) is 61.1 Å². The SMILES string of the molecule is CCSC[C@H](Cc1cccc(Br)c1)OCc1ccc(C(=O)N[C@@H](CCS(C)(=O)=O)C(=O)O)c(-c2ccccc2C)c1. The number of aliphatic carboxylic acids is 1. The molecule has 3 rings (SSSR count). The summed E-state index contributed by atoms with van der Waals surface area (Å²) in [6.07, 6.45) is 1.57. The van der Waals surface area contributed by atoms with Crippen molar-refractivity contribution in [3.8, 4) is 11.1 Å². The van der Waals surface area contributed by atoms with Crippen molar-refractivity contribution < 1.29 is 27.9 Å². The van der Waals surface area contributed by atoms with E-state index in [0.717, 1.165) is 45.3 Å². The first-order chi connectivity index (χ1) is 19.5. The van der Waals surface area contributed by atoms with Crippen molar-refractivity contribution in [1.82, 2.24) is 5.32 Å². The summed E-state index contributed by atoms with van der Waals surface area (Å²) in [7, 11) is -3.39. The largest absolute Gasteiger partial charge is 0.480 e. The summed E-state index contributed by atoms with van der Waals surface area (Å²) in [6, 6.07) is 19.9. The quantitative estimate of drug-likeness (QED) is 0.208. The molecule has 0 saturated carbocycles. The van der Waals surface area contributed by atoms with Crippen LogP contribution in [0.5, 0.6) is 0 Å². The zero-order valence-electron chi connectivity index (χ0n) is 23.4. The van der Waals surface area contributed by atoms with Gasteiger partial charge in [0.25, 0.3) is 5.91 Å². The zero-order valence-corrected chi connectivity index (χ0v) is 26.7. The number of hydrogen-bond donors (Lipinski definition) is 2. The maximum Gasteiger partial charge on any atom is 0.326 e. The highest BCUT2D eigenvalue weighted by Crippen LogP contribution is 2.29. The van der Waals surface area contributed by atoms with Gasteiger partial charge in [0.2, 0.25) is 0 Å². The Bertz CT molecular complexity index is 1460. The molecule has 0 aliphatic heterocycles. The number of hydrogen-bond acceptors (Lipinski definition) is 6. The molecule has 0 aliphatic rings. The van der Waals surface area contributed by atoms with Gasteiger partial charge in [-0.3, -0.25) is 4.79 Å². The first kappa shape index (κ1) is 32.8. The molecule has 2 atom stereocenters. The van der Waals surface area contributed by atoms with E-state index in [9.17, 15) is 23.1 Å². The topological polar surface area (TPSA) is 110 Å². The molecule has 0 unspecified atom stereocenters. The van der Waals surface area contributed by atoms with E-state index >= 15 is 0 Å². The van der Waals surface area contributed by atoms with Gasteiger partial charge in [-0.15, -0.1) is 0 Å². The number of nitrogens with one attached hydrogen (secondary N) is 1. The number of amides is 1. The molecule has 7 nitrogen and oxygen atoms in total. The smallest absolute Gasteiger partial charge is 0.326 e. The van der Waals surface area contributed by atoms with E-state index in [4.69, 9.17) is 4.74 Å². The molecule has 3 aromatic rings.